The van der Waals surface area contributed by atoms with Crippen LogP contribution in [0.4, 0.5) is 17.2 Å². The van der Waals surface area contributed by atoms with Crippen LogP contribution in [0.15, 0.2) is 67.3 Å². The number of fused-ring (bicyclic) bond motifs is 1. The molecule has 0 aliphatic carbocycles. The second-order valence-electron chi connectivity index (χ2n) is 6.41. The lowest BCUT2D eigenvalue weighted by Gasteiger charge is -2.17. The molecule has 0 bridgehead atoms. The number of rotatable bonds is 5. The molecule has 9 heteroatoms. The van der Waals surface area contributed by atoms with Crippen molar-refractivity contribution in [2.45, 2.75) is 0 Å². The Labute approximate surface area is 171 Å². The molecule has 3 heterocycles. The average molecular weight is 402 g/mol. The lowest BCUT2D eigenvalue weighted by atomic mass is 10.2. The minimum absolute atomic E-state index is 0.327. The highest BCUT2D eigenvalue weighted by Crippen LogP contribution is 2.22. The number of hydrogen-bond acceptors (Lipinski definition) is 7. The number of ether oxygens (including phenoxy) is 1. The summed E-state index contributed by atoms with van der Waals surface area (Å²) in [6.45, 7) is 0. The summed E-state index contributed by atoms with van der Waals surface area (Å²) in [4.78, 5) is 34.9. The zero-order valence-corrected chi connectivity index (χ0v) is 16.3. The zero-order valence-electron chi connectivity index (χ0n) is 16.3. The zero-order chi connectivity index (χ0) is 21.1. The fourth-order valence-electron chi connectivity index (χ4n) is 2.90. The number of anilines is 3. The van der Waals surface area contributed by atoms with Gasteiger partial charge in [-0.25, -0.2) is 14.3 Å². The van der Waals surface area contributed by atoms with Gasteiger partial charge < -0.3 is 15.0 Å². The van der Waals surface area contributed by atoms with E-state index in [-0.39, 0.29) is 5.91 Å². The van der Waals surface area contributed by atoms with Crippen molar-refractivity contribution in [3.63, 3.8) is 0 Å². The third-order valence-electron chi connectivity index (χ3n) is 4.54. The molecular formula is C21H18N6O3. The SMILES string of the molecule is COC(=O)c1ccc(NC(=O)c2cnn3ccc(N(C)c4cccnc4)nc23)cc1. The molecule has 1 aromatic carbocycles. The van der Waals surface area contributed by atoms with Crippen LogP contribution >= 0.6 is 0 Å². The van der Waals surface area contributed by atoms with Crippen LogP contribution in [0.1, 0.15) is 20.7 Å². The monoisotopic (exact) mass is 402 g/mol. The summed E-state index contributed by atoms with van der Waals surface area (Å²) in [5, 5.41) is 7.00. The van der Waals surface area contributed by atoms with E-state index in [2.05, 4.69) is 25.1 Å². The lowest BCUT2D eigenvalue weighted by molar-refractivity contribution is 0.0600. The Balaban J connectivity index is 1.59. The van der Waals surface area contributed by atoms with Crippen LogP contribution < -0.4 is 10.2 Å². The van der Waals surface area contributed by atoms with Gasteiger partial charge in [-0.15, -0.1) is 0 Å². The van der Waals surface area contributed by atoms with E-state index in [1.807, 2.05) is 24.1 Å². The predicted octanol–water partition coefficient (Wildman–Crippen LogP) is 2.93. The van der Waals surface area contributed by atoms with Crippen LogP contribution in [0.5, 0.6) is 0 Å². The van der Waals surface area contributed by atoms with E-state index in [1.165, 1.54) is 17.8 Å². The van der Waals surface area contributed by atoms with E-state index >= 15 is 0 Å². The topological polar surface area (TPSA) is 102 Å². The fraction of sp³-hybridized carbons (Fsp3) is 0.0952. The van der Waals surface area contributed by atoms with Crippen molar-refractivity contribution >= 4 is 34.7 Å². The van der Waals surface area contributed by atoms with E-state index in [1.54, 1.807) is 48.9 Å². The quantitative estimate of drug-likeness (QED) is 0.512. The largest absolute Gasteiger partial charge is 0.465 e. The van der Waals surface area contributed by atoms with E-state index in [4.69, 9.17) is 0 Å². The number of benzene rings is 1. The molecule has 150 valence electrons. The number of carbonyl (C=O) groups excluding carboxylic acids is 2. The van der Waals surface area contributed by atoms with Gasteiger partial charge in [-0.05, 0) is 42.5 Å². The molecule has 3 aromatic heterocycles. The molecular weight excluding hydrogens is 384 g/mol. The lowest BCUT2D eigenvalue weighted by Crippen LogP contribution is -2.14. The maximum atomic E-state index is 12.8. The first-order chi connectivity index (χ1) is 14.6. The number of methoxy groups -OCH3 is 1. The molecule has 9 nitrogen and oxygen atoms in total. The predicted molar refractivity (Wildman–Crippen MR) is 111 cm³/mol. The van der Waals surface area contributed by atoms with Gasteiger partial charge in [-0.3, -0.25) is 9.78 Å². The van der Waals surface area contributed by atoms with Crippen LogP contribution in [0.25, 0.3) is 5.65 Å². The smallest absolute Gasteiger partial charge is 0.337 e. The van der Waals surface area contributed by atoms with Crippen molar-refractivity contribution in [1.29, 1.82) is 0 Å². The minimum atomic E-state index is -0.440. The Morgan fingerprint density at radius 2 is 1.90 bits per heavy atom. The molecule has 30 heavy (non-hydrogen) atoms. The highest BCUT2D eigenvalue weighted by atomic mass is 16.5. The van der Waals surface area contributed by atoms with Gasteiger partial charge in [-0.2, -0.15) is 5.10 Å². The minimum Gasteiger partial charge on any atom is -0.465 e. The van der Waals surface area contributed by atoms with Crippen LogP contribution in [-0.2, 0) is 4.74 Å². The number of nitrogens with one attached hydrogen (secondary N) is 1. The van der Waals surface area contributed by atoms with Gasteiger partial charge in [0, 0.05) is 25.1 Å². The molecule has 0 radical (unpaired) electrons. The van der Waals surface area contributed by atoms with Crippen molar-refractivity contribution in [2.24, 2.45) is 0 Å². The molecule has 4 rings (SSSR count). The molecule has 0 fully saturated rings. The van der Waals surface area contributed by atoms with Gasteiger partial charge in [0.25, 0.3) is 5.91 Å². The second kappa shape index (κ2) is 8.00. The first-order valence-corrected chi connectivity index (χ1v) is 9.04. The Morgan fingerprint density at radius 1 is 1.10 bits per heavy atom. The van der Waals surface area contributed by atoms with Gasteiger partial charge in [-0.1, -0.05) is 0 Å². The molecule has 0 saturated carbocycles. The fourth-order valence-corrected chi connectivity index (χ4v) is 2.90. The molecule has 0 aliphatic heterocycles. The maximum absolute atomic E-state index is 12.8. The third-order valence-corrected chi connectivity index (χ3v) is 4.54. The third kappa shape index (κ3) is 3.68. The Hall–Kier alpha value is -4.27. The Bertz CT molecular complexity index is 1200. The second-order valence-corrected chi connectivity index (χ2v) is 6.41. The average Bonchev–Trinajstić information content (AvgIpc) is 3.22. The number of hydrogen-bond donors (Lipinski definition) is 1. The number of pyridine rings is 1. The summed E-state index contributed by atoms with van der Waals surface area (Å²) in [5.74, 6) is -0.151. The summed E-state index contributed by atoms with van der Waals surface area (Å²) < 4.78 is 6.21. The van der Waals surface area contributed by atoms with E-state index in [9.17, 15) is 9.59 Å². The molecule has 4 aromatic rings. The molecule has 0 atom stereocenters. The first-order valence-electron chi connectivity index (χ1n) is 9.04. The normalized spacial score (nSPS) is 10.6. The van der Waals surface area contributed by atoms with Crippen molar-refractivity contribution in [2.75, 3.05) is 24.4 Å². The summed E-state index contributed by atoms with van der Waals surface area (Å²) in [6, 6.07) is 12.0. The molecule has 1 N–H and O–H groups in total. The summed E-state index contributed by atoms with van der Waals surface area (Å²) in [5.41, 5.74) is 2.55. The van der Waals surface area contributed by atoms with Crippen LogP contribution in [0, 0.1) is 0 Å². The summed E-state index contributed by atoms with van der Waals surface area (Å²) >= 11 is 0. The molecule has 0 spiro atoms. The van der Waals surface area contributed by atoms with Gasteiger partial charge in [0.1, 0.15) is 11.4 Å². The number of esters is 1. The van der Waals surface area contributed by atoms with E-state index in [0.717, 1.165) is 5.69 Å². The number of amides is 1. The van der Waals surface area contributed by atoms with E-state index in [0.29, 0.717) is 28.3 Å². The standard InChI is InChI=1S/C21H18N6O3/c1-26(16-4-3-10-22-12-16)18-9-11-27-19(25-18)17(13-23-27)20(28)24-15-7-5-14(6-8-15)21(29)30-2/h3-13H,1-2H3,(H,24,28). The highest BCUT2D eigenvalue weighted by Gasteiger charge is 2.16. The van der Waals surface area contributed by atoms with Crippen LogP contribution in [0.3, 0.4) is 0 Å². The summed E-state index contributed by atoms with van der Waals surface area (Å²) in [7, 11) is 3.19. The molecule has 0 saturated heterocycles. The highest BCUT2D eigenvalue weighted by molar-refractivity contribution is 6.08. The van der Waals surface area contributed by atoms with Gasteiger partial charge in [0.05, 0.1) is 30.8 Å². The summed E-state index contributed by atoms with van der Waals surface area (Å²) in [6.07, 6.45) is 6.64. The van der Waals surface area contributed by atoms with Gasteiger partial charge >= 0.3 is 5.97 Å². The molecule has 0 unspecified atom stereocenters. The van der Waals surface area contributed by atoms with Crippen molar-refractivity contribution in [3.8, 4) is 0 Å². The number of carbonyl (C=O) groups is 2. The van der Waals surface area contributed by atoms with Gasteiger partial charge in [0.15, 0.2) is 5.65 Å². The number of nitrogens with zero attached hydrogens (tertiary/aromatic N) is 5. The first kappa shape index (κ1) is 19.1. The van der Waals surface area contributed by atoms with Gasteiger partial charge in [0.2, 0.25) is 0 Å². The van der Waals surface area contributed by atoms with Crippen molar-refractivity contribution in [3.05, 3.63) is 78.4 Å². The van der Waals surface area contributed by atoms with Crippen molar-refractivity contribution in [1.82, 2.24) is 19.6 Å². The molecule has 1 amide bonds. The Kier molecular flexibility index (Phi) is 5.08. The maximum Gasteiger partial charge on any atom is 0.337 e. The van der Waals surface area contributed by atoms with Crippen LogP contribution in [-0.4, -0.2) is 45.6 Å². The molecule has 0 aliphatic rings. The van der Waals surface area contributed by atoms with Crippen molar-refractivity contribution < 1.29 is 14.3 Å². The van der Waals surface area contributed by atoms with E-state index < -0.39 is 5.97 Å². The number of aromatic nitrogens is 4. The Morgan fingerprint density at radius 3 is 2.60 bits per heavy atom. The van der Waals surface area contributed by atoms with Crippen LogP contribution in [0.2, 0.25) is 0 Å².